The Labute approximate surface area is 124 Å². The SMILES string of the molecule is CS(=O)(=O)CC1(CNc2ccnc(Cl)c2)CCOCC1. The fraction of sp³-hybridized carbons (Fsp3) is 0.615. The van der Waals surface area contributed by atoms with Gasteiger partial charge in [0.15, 0.2) is 0 Å². The molecule has 0 atom stereocenters. The molecule has 0 aliphatic carbocycles. The number of aromatic nitrogens is 1. The maximum Gasteiger partial charge on any atom is 0.148 e. The molecule has 1 N–H and O–H groups in total. The van der Waals surface area contributed by atoms with Crippen LogP contribution in [0.5, 0.6) is 0 Å². The number of ether oxygens (including phenoxy) is 1. The smallest absolute Gasteiger partial charge is 0.148 e. The Balaban J connectivity index is 2.08. The molecule has 0 amide bonds. The van der Waals surface area contributed by atoms with E-state index in [1.54, 1.807) is 12.3 Å². The van der Waals surface area contributed by atoms with Gasteiger partial charge in [0.25, 0.3) is 0 Å². The standard InChI is InChI=1S/C13H19ClN2O3S/c1-20(17,18)10-13(3-6-19-7-4-13)9-16-11-2-5-15-12(14)8-11/h2,5,8H,3-4,6-7,9-10H2,1H3,(H,15,16). The zero-order chi connectivity index (χ0) is 14.6. The van der Waals surface area contributed by atoms with Gasteiger partial charge in [-0.1, -0.05) is 11.6 Å². The maximum absolute atomic E-state index is 11.7. The van der Waals surface area contributed by atoms with Gasteiger partial charge in [-0.3, -0.25) is 0 Å². The van der Waals surface area contributed by atoms with E-state index in [1.807, 2.05) is 6.07 Å². The van der Waals surface area contributed by atoms with Gasteiger partial charge >= 0.3 is 0 Å². The highest BCUT2D eigenvalue weighted by Crippen LogP contribution is 2.32. The Morgan fingerprint density at radius 2 is 2.15 bits per heavy atom. The molecule has 2 rings (SSSR count). The third-order valence-corrected chi connectivity index (χ3v) is 4.86. The van der Waals surface area contributed by atoms with E-state index >= 15 is 0 Å². The summed E-state index contributed by atoms with van der Waals surface area (Å²) >= 11 is 5.84. The van der Waals surface area contributed by atoms with Crippen LogP contribution in [0.15, 0.2) is 18.3 Å². The van der Waals surface area contributed by atoms with Gasteiger partial charge in [0, 0.05) is 43.3 Å². The van der Waals surface area contributed by atoms with Gasteiger partial charge in [-0.15, -0.1) is 0 Å². The minimum atomic E-state index is -3.03. The summed E-state index contributed by atoms with van der Waals surface area (Å²) in [6.45, 7) is 1.80. The van der Waals surface area contributed by atoms with Crippen molar-refractivity contribution in [3.05, 3.63) is 23.5 Å². The Morgan fingerprint density at radius 1 is 1.45 bits per heavy atom. The summed E-state index contributed by atoms with van der Waals surface area (Å²) in [5.74, 6) is 0.176. The molecule has 1 saturated heterocycles. The van der Waals surface area contributed by atoms with Gasteiger partial charge in [-0.25, -0.2) is 13.4 Å². The van der Waals surface area contributed by atoms with Gasteiger partial charge in [0.05, 0.1) is 5.75 Å². The zero-order valence-electron chi connectivity index (χ0n) is 11.4. The summed E-state index contributed by atoms with van der Waals surface area (Å²) < 4.78 is 28.7. The fourth-order valence-corrected chi connectivity index (χ4v) is 4.21. The molecule has 1 aliphatic rings. The summed E-state index contributed by atoms with van der Waals surface area (Å²) in [5.41, 5.74) is 0.575. The van der Waals surface area contributed by atoms with Crippen LogP contribution in [0.4, 0.5) is 5.69 Å². The molecule has 0 spiro atoms. The van der Waals surface area contributed by atoms with E-state index in [9.17, 15) is 8.42 Å². The van der Waals surface area contributed by atoms with Crippen molar-refractivity contribution in [2.24, 2.45) is 5.41 Å². The number of nitrogens with one attached hydrogen (secondary N) is 1. The van der Waals surface area contributed by atoms with Gasteiger partial charge in [-0.05, 0) is 25.0 Å². The van der Waals surface area contributed by atoms with Crippen molar-refractivity contribution < 1.29 is 13.2 Å². The molecule has 0 unspecified atom stereocenters. The van der Waals surface area contributed by atoms with Crippen LogP contribution in [0.2, 0.25) is 5.15 Å². The van der Waals surface area contributed by atoms with E-state index in [1.165, 1.54) is 6.26 Å². The third-order valence-electron chi connectivity index (χ3n) is 3.52. The lowest BCUT2D eigenvalue weighted by atomic mass is 9.82. The highest BCUT2D eigenvalue weighted by atomic mass is 35.5. The third kappa shape index (κ3) is 4.61. The van der Waals surface area contributed by atoms with Crippen molar-refractivity contribution in [3.8, 4) is 0 Å². The zero-order valence-corrected chi connectivity index (χ0v) is 13.0. The summed E-state index contributed by atoms with van der Waals surface area (Å²) in [6.07, 6.45) is 4.39. The Morgan fingerprint density at radius 3 is 2.75 bits per heavy atom. The normalized spacial score (nSPS) is 18.7. The second-order valence-electron chi connectivity index (χ2n) is 5.40. The molecule has 0 radical (unpaired) electrons. The van der Waals surface area contributed by atoms with E-state index < -0.39 is 9.84 Å². The molecule has 0 aromatic carbocycles. The summed E-state index contributed by atoms with van der Waals surface area (Å²) in [7, 11) is -3.03. The van der Waals surface area contributed by atoms with E-state index in [0.717, 1.165) is 18.5 Å². The molecule has 1 aromatic heterocycles. The molecule has 5 nitrogen and oxygen atoms in total. The number of sulfone groups is 1. The monoisotopic (exact) mass is 318 g/mol. The van der Waals surface area contributed by atoms with Gasteiger partial charge in [0.1, 0.15) is 15.0 Å². The predicted molar refractivity (Wildman–Crippen MR) is 79.9 cm³/mol. The van der Waals surface area contributed by atoms with Crippen molar-refractivity contribution >= 4 is 27.1 Å². The second-order valence-corrected chi connectivity index (χ2v) is 7.93. The van der Waals surface area contributed by atoms with E-state index in [0.29, 0.717) is 24.9 Å². The number of nitrogens with zero attached hydrogens (tertiary/aromatic N) is 1. The molecule has 0 saturated carbocycles. The lowest BCUT2D eigenvalue weighted by Crippen LogP contribution is -2.41. The van der Waals surface area contributed by atoms with Crippen LogP contribution < -0.4 is 5.32 Å². The minimum absolute atomic E-state index is 0.176. The Bertz CT molecular complexity index is 556. The highest BCUT2D eigenvalue weighted by molar-refractivity contribution is 7.90. The van der Waals surface area contributed by atoms with Crippen LogP contribution >= 0.6 is 11.6 Å². The van der Waals surface area contributed by atoms with Gasteiger partial charge in [0.2, 0.25) is 0 Å². The number of hydrogen-bond acceptors (Lipinski definition) is 5. The largest absolute Gasteiger partial charge is 0.384 e. The van der Waals surface area contributed by atoms with Crippen LogP contribution in [0.3, 0.4) is 0 Å². The summed E-state index contributed by atoms with van der Waals surface area (Å²) in [5, 5.41) is 3.69. The van der Waals surface area contributed by atoms with Crippen LogP contribution in [-0.4, -0.2) is 45.2 Å². The van der Waals surface area contributed by atoms with Crippen molar-refractivity contribution in [1.29, 1.82) is 0 Å². The first-order valence-electron chi connectivity index (χ1n) is 6.50. The first-order chi connectivity index (χ1) is 9.39. The van der Waals surface area contributed by atoms with Crippen LogP contribution in [0, 0.1) is 5.41 Å². The van der Waals surface area contributed by atoms with Crippen LogP contribution in [0.25, 0.3) is 0 Å². The minimum Gasteiger partial charge on any atom is -0.384 e. The molecule has 2 heterocycles. The van der Waals surface area contributed by atoms with Crippen molar-refractivity contribution in [2.75, 3.05) is 37.1 Å². The van der Waals surface area contributed by atoms with E-state index in [-0.39, 0.29) is 11.2 Å². The Kier molecular flexibility index (Phi) is 4.88. The number of hydrogen-bond donors (Lipinski definition) is 1. The van der Waals surface area contributed by atoms with Crippen molar-refractivity contribution in [3.63, 3.8) is 0 Å². The van der Waals surface area contributed by atoms with Crippen LogP contribution in [0.1, 0.15) is 12.8 Å². The summed E-state index contributed by atoms with van der Waals surface area (Å²) in [6, 6.07) is 3.55. The lowest BCUT2D eigenvalue weighted by molar-refractivity contribution is 0.0315. The average molecular weight is 319 g/mol. The first-order valence-corrected chi connectivity index (χ1v) is 8.93. The quantitative estimate of drug-likeness (QED) is 0.841. The second kappa shape index (κ2) is 6.28. The summed E-state index contributed by atoms with van der Waals surface area (Å²) in [4.78, 5) is 3.92. The highest BCUT2D eigenvalue weighted by Gasteiger charge is 2.35. The van der Waals surface area contributed by atoms with Crippen LogP contribution in [-0.2, 0) is 14.6 Å². The number of halogens is 1. The Hall–Kier alpha value is -0.850. The molecule has 0 bridgehead atoms. The molecule has 1 aromatic rings. The molecular weight excluding hydrogens is 300 g/mol. The van der Waals surface area contributed by atoms with Crippen molar-refractivity contribution in [1.82, 2.24) is 4.98 Å². The molecular formula is C13H19ClN2O3S. The molecule has 112 valence electrons. The lowest BCUT2D eigenvalue weighted by Gasteiger charge is -2.37. The van der Waals surface area contributed by atoms with E-state index in [2.05, 4.69) is 10.3 Å². The molecule has 20 heavy (non-hydrogen) atoms. The van der Waals surface area contributed by atoms with E-state index in [4.69, 9.17) is 16.3 Å². The molecule has 1 fully saturated rings. The predicted octanol–water partition coefficient (Wildman–Crippen LogP) is 1.99. The molecule has 7 heteroatoms. The van der Waals surface area contributed by atoms with Gasteiger partial charge in [-0.2, -0.15) is 0 Å². The van der Waals surface area contributed by atoms with Crippen molar-refractivity contribution in [2.45, 2.75) is 12.8 Å². The average Bonchev–Trinajstić information content (AvgIpc) is 2.36. The topological polar surface area (TPSA) is 68.3 Å². The first kappa shape index (κ1) is 15.5. The fourth-order valence-electron chi connectivity index (χ4n) is 2.53. The maximum atomic E-state index is 11.7. The van der Waals surface area contributed by atoms with Gasteiger partial charge < -0.3 is 10.1 Å². The molecule has 1 aliphatic heterocycles. The number of anilines is 1. The number of rotatable bonds is 5. The number of pyridine rings is 1.